The monoisotopic (exact) mass is 387 g/mol. The molecule has 0 bridgehead atoms. The molecule has 1 aromatic heterocycles. The number of nitrogens with two attached hydrogens (primary N) is 1. The van der Waals surface area contributed by atoms with Gasteiger partial charge in [0.1, 0.15) is 0 Å². The third kappa shape index (κ3) is 3.24. The number of rotatable bonds is 5. The van der Waals surface area contributed by atoms with Crippen LogP contribution < -0.4 is 5.73 Å². The third-order valence-corrected chi connectivity index (χ3v) is 6.67. The Labute approximate surface area is 158 Å². The van der Waals surface area contributed by atoms with Crippen molar-refractivity contribution in [2.24, 2.45) is 0 Å². The molecule has 5 nitrogen and oxygen atoms in total. The molecule has 136 valence electrons. The van der Waals surface area contributed by atoms with Crippen molar-refractivity contribution in [3.8, 4) is 0 Å². The molecule has 26 heavy (non-hydrogen) atoms. The highest BCUT2D eigenvalue weighted by Gasteiger charge is 2.24. The molecule has 0 fully saturated rings. The van der Waals surface area contributed by atoms with E-state index >= 15 is 0 Å². The maximum Gasteiger partial charge on any atom is 0.244 e. The quantitative estimate of drug-likeness (QED) is 0.717. The molecular weight excluding hydrogens is 366 g/mol. The van der Waals surface area contributed by atoms with E-state index in [0.717, 1.165) is 20.7 Å². The summed E-state index contributed by atoms with van der Waals surface area (Å²) in [5.41, 5.74) is 9.98. The van der Waals surface area contributed by atoms with Gasteiger partial charge in [-0.25, -0.2) is 17.4 Å². The SMILES string of the molecule is CSC=C(c1ccccc1)c1ccc2nc(N)n(S(=O)(=O)C(C)C)c2c1. The van der Waals surface area contributed by atoms with Crippen molar-refractivity contribution in [3.63, 3.8) is 0 Å². The molecule has 7 heteroatoms. The Morgan fingerprint density at radius 1 is 1.15 bits per heavy atom. The van der Waals surface area contributed by atoms with Crippen molar-refractivity contribution in [1.29, 1.82) is 0 Å². The second-order valence-corrected chi connectivity index (χ2v) is 9.21. The Hall–Kier alpha value is -2.25. The predicted molar refractivity (Wildman–Crippen MR) is 111 cm³/mol. The minimum absolute atomic E-state index is 0.0130. The first-order valence-corrected chi connectivity index (χ1v) is 11.0. The van der Waals surface area contributed by atoms with Gasteiger partial charge in [-0.3, -0.25) is 0 Å². The number of anilines is 1. The lowest BCUT2D eigenvalue weighted by Gasteiger charge is -2.12. The molecule has 0 unspecified atom stereocenters. The molecule has 0 aliphatic heterocycles. The predicted octanol–water partition coefficient (Wildman–Crippen LogP) is 3.96. The molecule has 2 N–H and O–H groups in total. The Kier molecular flexibility index (Phi) is 5.11. The summed E-state index contributed by atoms with van der Waals surface area (Å²) < 4.78 is 26.6. The second-order valence-electron chi connectivity index (χ2n) is 6.16. The van der Waals surface area contributed by atoms with Gasteiger partial charge in [0.15, 0.2) is 0 Å². The van der Waals surface area contributed by atoms with Crippen LogP contribution >= 0.6 is 11.8 Å². The summed E-state index contributed by atoms with van der Waals surface area (Å²) in [5.74, 6) is -0.0130. The largest absolute Gasteiger partial charge is 0.368 e. The smallest absolute Gasteiger partial charge is 0.244 e. The van der Waals surface area contributed by atoms with E-state index in [-0.39, 0.29) is 5.95 Å². The van der Waals surface area contributed by atoms with E-state index in [0.29, 0.717) is 11.0 Å². The number of nitrogens with zero attached hydrogens (tertiary/aromatic N) is 2. The van der Waals surface area contributed by atoms with Gasteiger partial charge in [0, 0.05) is 0 Å². The minimum atomic E-state index is -3.61. The van der Waals surface area contributed by atoms with Crippen molar-refractivity contribution in [3.05, 3.63) is 65.1 Å². The zero-order valence-corrected chi connectivity index (χ0v) is 16.5. The molecular formula is C19H21N3O2S2. The minimum Gasteiger partial charge on any atom is -0.368 e. The zero-order chi connectivity index (χ0) is 18.9. The van der Waals surface area contributed by atoms with E-state index < -0.39 is 15.3 Å². The van der Waals surface area contributed by atoms with Crippen LogP contribution in [0.4, 0.5) is 5.95 Å². The Balaban J connectivity index is 2.25. The summed E-state index contributed by atoms with van der Waals surface area (Å²) in [7, 11) is -3.61. The average molecular weight is 388 g/mol. The molecule has 1 heterocycles. The number of fused-ring (bicyclic) bond motifs is 1. The van der Waals surface area contributed by atoms with Crippen LogP contribution in [0.3, 0.4) is 0 Å². The highest BCUT2D eigenvalue weighted by atomic mass is 32.2. The molecule has 0 atom stereocenters. The third-order valence-electron chi connectivity index (χ3n) is 4.12. The molecule has 0 aliphatic rings. The number of benzene rings is 2. The van der Waals surface area contributed by atoms with Crippen molar-refractivity contribution >= 4 is 44.3 Å². The van der Waals surface area contributed by atoms with Crippen LogP contribution in [0.25, 0.3) is 16.6 Å². The highest BCUT2D eigenvalue weighted by molar-refractivity contribution is 8.01. The van der Waals surface area contributed by atoms with Crippen molar-refractivity contribution in [2.75, 3.05) is 12.0 Å². The Morgan fingerprint density at radius 2 is 1.85 bits per heavy atom. The fourth-order valence-electron chi connectivity index (χ4n) is 2.76. The molecule has 2 aromatic carbocycles. The first-order valence-electron chi connectivity index (χ1n) is 8.17. The lowest BCUT2D eigenvalue weighted by atomic mass is 9.99. The maximum absolute atomic E-state index is 12.7. The van der Waals surface area contributed by atoms with Crippen LogP contribution in [0.15, 0.2) is 53.9 Å². The van der Waals surface area contributed by atoms with Crippen LogP contribution in [-0.4, -0.2) is 28.9 Å². The molecule has 0 amide bonds. The van der Waals surface area contributed by atoms with Crippen LogP contribution in [-0.2, 0) is 10.0 Å². The lowest BCUT2D eigenvalue weighted by molar-refractivity contribution is 0.580. The van der Waals surface area contributed by atoms with Crippen LogP contribution in [0, 0.1) is 0 Å². The van der Waals surface area contributed by atoms with Gasteiger partial charge in [0.05, 0.1) is 16.3 Å². The van der Waals surface area contributed by atoms with E-state index in [1.807, 2.05) is 54.8 Å². The van der Waals surface area contributed by atoms with E-state index in [4.69, 9.17) is 5.73 Å². The fraction of sp³-hybridized carbons (Fsp3) is 0.211. The van der Waals surface area contributed by atoms with Gasteiger partial charge in [0.2, 0.25) is 16.0 Å². The molecule has 0 saturated carbocycles. The van der Waals surface area contributed by atoms with Gasteiger partial charge in [-0.1, -0.05) is 36.4 Å². The lowest BCUT2D eigenvalue weighted by Crippen LogP contribution is -2.23. The van der Waals surface area contributed by atoms with Crippen molar-refractivity contribution in [1.82, 2.24) is 8.96 Å². The Morgan fingerprint density at radius 3 is 2.46 bits per heavy atom. The molecule has 0 saturated heterocycles. The second kappa shape index (κ2) is 7.17. The highest BCUT2D eigenvalue weighted by Crippen LogP contribution is 2.30. The summed E-state index contributed by atoms with van der Waals surface area (Å²) in [4.78, 5) is 4.22. The van der Waals surface area contributed by atoms with E-state index in [9.17, 15) is 8.42 Å². The van der Waals surface area contributed by atoms with Gasteiger partial charge in [-0.2, -0.15) is 0 Å². The first kappa shape index (κ1) is 18.5. The van der Waals surface area contributed by atoms with Gasteiger partial charge < -0.3 is 5.73 Å². The number of imidazole rings is 1. The molecule has 0 radical (unpaired) electrons. The normalized spacial score (nSPS) is 12.8. The fourth-order valence-corrected chi connectivity index (χ4v) is 4.41. The molecule has 0 spiro atoms. The van der Waals surface area contributed by atoms with E-state index in [2.05, 4.69) is 10.4 Å². The first-order chi connectivity index (χ1) is 12.4. The van der Waals surface area contributed by atoms with Gasteiger partial charge in [-0.05, 0) is 54.3 Å². The Bertz CT molecular complexity index is 1070. The molecule has 3 rings (SSSR count). The average Bonchev–Trinajstić information content (AvgIpc) is 2.95. The summed E-state index contributed by atoms with van der Waals surface area (Å²) in [6.45, 7) is 3.26. The van der Waals surface area contributed by atoms with Crippen molar-refractivity contribution < 1.29 is 8.42 Å². The van der Waals surface area contributed by atoms with Gasteiger partial charge >= 0.3 is 0 Å². The van der Waals surface area contributed by atoms with Crippen molar-refractivity contribution in [2.45, 2.75) is 19.1 Å². The number of nitrogen functional groups attached to an aromatic ring is 1. The maximum atomic E-state index is 12.7. The number of hydrogen-bond donors (Lipinski definition) is 1. The summed E-state index contributed by atoms with van der Waals surface area (Å²) in [6.07, 6.45) is 1.99. The standard InChI is InChI=1S/C19H21N3O2S2/c1-13(2)26(23,24)22-18-11-15(9-10-17(18)21-19(22)20)16(12-25-3)14-7-5-4-6-8-14/h4-13H,1-3H3,(H2,20,21). The number of aromatic nitrogens is 2. The number of hydrogen-bond acceptors (Lipinski definition) is 5. The van der Waals surface area contributed by atoms with Crippen LogP contribution in [0.5, 0.6) is 0 Å². The van der Waals surface area contributed by atoms with E-state index in [1.165, 1.54) is 0 Å². The zero-order valence-electron chi connectivity index (χ0n) is 14.9. The topological polar surface area (TPSA) is 78.0 Å². The molecule has 0 aliphatic carbocycles. The van der Waals surface area contributed by atoms with Gasteiger partial charge in [0.25, 0.3) is 0 Å². The summed E-state index contributed by atoms with van der Waals surface area (Å²) in [6, 6.07) is 15.6. The van der Waals surface area contributed by atoms with Crippen LogP contribution in [0.1, 0.15) is 25.0 Å². The molecule has 3 aromatic rings. The van der Waals surface area contributed by atoms with Crippen LogP contribution in [0.2, 0.25) is 0 Å². The number of thioether (sulfide) groups is 1. The summed E-state index contributed by atoms with van der Waals surface area (Å²) >= 11 is 1.60. The summed E-state index contributed by atoms with van der Waals surface area (Å²) in [5, 5.41) is 1.46. The van der Waals surface area contributed by atoms with E-state index in [1.54, 1.807) is 25.6 Å². The van der Waals surface area contributed by atoms with Gasteiger partial charge in [-0.15, -0.1) is 11.8 Å².